The van der Waals surface area contributed by atoms with Crippen molar-refractivity contribution >= 4 is 50.2 Å². The average molecular weight is 540 g/mol. The number of thioether (sulfide) groups is 1. The fraction of sp³-hybridized carbons (Fsp3) is 0.222. The van der Waals surface area contributed by atoms with E-state index in [1.807, 2.05) is 42.5 Å². The summed E-state index contributed by atoms with van der Waals surface area (Å²) in [6.45, 7) is 1.58. The van der Waals surface area contributed by atoms with Crippen molar-refractivity contribution < 1.29 is 13.2 Å². The van der Waals surface area contributed by atoms with Crippen LogP contribution in [0.3, 0.4) is 0 Å². The van der Waals surface area contributed by atoms with Gasteiger partial charge < -0.3 is 10.3 Å². The molecule has 0 unspecified atom stereocenters. The molecule has 186 valence electrons. The smallest absolute Gasteiger partial charge is 0.251 e. The summed E-state index contributed by atoms with van der Waals surface area (Å²) in [5.74, 6) is 0.452. The number of nitrogens with one attached hydrogen (secondary N) is 2. The maximum absolute atomic E-state index is 12.7. The predicted molar refractivity (Wildman–Crippen MR) is 146 cm³/mol. The highest BCUT2D eigenvalue weighted by Crippen LogP contribution is 2.37. The van der Waals surface area contributed by atoms with Gasteiger partial charge >= 0.3 is 0 Å². The molecule has 1 fully saturated rings. The maximum Gasteiger partial charge on any atom is 0.251 e. The summed E-state index contributed by atoms with van der Waals surface area (Å²) in [6.07, 6.45) is 1.77. The summed E-state index contributed by atoms with van der Waals surface area (Å²) >= 11 is 7.75. The first-order chi connectivity index (χ1) is 17.4. The summed E-state index contributed by atoms with van der Waals surface area (Å²) in [7, 11) is -3.49. The van der Waals surface area contributed by atoms with E-state index >= 15 is 0 Å². The van der Waals surface area contributed by atoms with Crippen molar-refractivity contribution in [3.05, 3.63) is 83.4 Å². The molecule has 0 saturated carbocycles. The first-order valence-electron chi connectivity index (χ1n) is 11.8. The molecule has 0 spiro atoms. The number of hydrogen-bond donors (Lipinski definition) is 2. The van der Waals surface area contributed by atoms with Crippen LogP contribution in [0.15, 0.2) is 82.6 Å². The van der Waals surface area contributed by atoms with Crippen molar-refractivity contribution in [2.75, 3.05) is 25.4 Å². The van der Waals surface area contributed by atoms with E-state index in [-0.39, 0.29) is 10.8 Å². The fourth-order valence-corrected chi connectivity index (χ4v) is 7.06. The Hall–Kier alpha value is -2.78. The van der Waals surface area contributed by atoms with Gasteiger partial charge in [-0.15, -0.1) is 11.8 Å². The zero-order valence-electron chi connectivity index (χ0n) is 19.5. The second kappa shape index (κ2) is 10.7. The van der Waals surface area contributed by atoms with Crippen molar-refractivity contribution in [3.63, 3.8) is 0 Å². The molecule has 0 atom stereocenters. The number of carbonyl (C=O) groups excluding carboxylic acids is 1. The van der Waals surface area contributed by atoms with E-state index in [4.69, 9.17) is 11.6 Å². The molecule has 2 heterocycles. The van der Waals surface area contributed by atoms with Crippen molar-refractivity contribution in [3.8, 4) is 11.3 Å². The number of hydrogen-bond acceptors (Lipinski definition) is 4. The number of halogens is 1. The lowest BCUT2D eigenvalue weighted by Crippen LogP contribution is -2.28. The van der Waals surface area contributed by atoms with Crippen molar-refractivity contribution in [1.82, 2.24) is 14.6 Å². The van der Waals surface area contributed by atoms with Gasteiger partial charge in [-0.1, -0.05) is 41.9 Å². The van der Waals surface area contributed by atoms with Crippen molar-refractivity contribution in [2.45, 2.75) is 22.6 Å². The third kappa shape index (κ3) is 5.18. The number of para-hydroxylation sites is 1. The third-order valence-electron chi connectivity index (χ3n) is 6.24. The lowest BCUT2D eigenvalue weighted by molar-refractivity contribution is 0.0956. The molecule has 5 rings (SSSR count). The highest BCUT2D eigenvalue weighted by atomic mass is 35.5. The van der Waals surface area contributed by atoms with Gasteiger partial charge in [0.15, 0.2) is 0 Å². The van der Waals surface area contributed by atoms with E-state index < -0.39 is 10.0 Å². The lowest BCUT2D eigenvalue weighted by atomic mass is 10.1. The highest BCUT2D eigenvalue weighted by molar-refractivity contribution is 7.99. The normalized spacial score (nSPS) is 14.4. The molecule has 2 N–H and O–H groups in total. The van der Waals surface area contributed by atoms with Crippen LogP contribution in [0.2, 0.25) is 5.02 Å². The molecule has 4 aromatic rings. The standard InChI is InChI=1S/C27H26ClN3O3S2/c28-21-11-7-19(8-12-21)25-26(23-5-1-2-6-24(23)30-25)35-18-15-29-27(32)20-9-13-22(14-10-20)36(33,34)31-16-3-4-17-31/h1-2,5-14,30H,3-4,15-18H2,(H,29,32). The number of H-pyrrole nitrogens is 1. The van der Waals surface area contributed by atoms with E-state index in [0.29, 0.717) is 36.0 Å². The Morgan fingerprint density at radius 3 is 2.39 bits per heavy atom. The number of aromatic nitrogens is 1. The number of aromatic amines is 1. The van der Waals surface area contributed by atoms with Gasteiger partial charge in [0.05, 0.1) is 10.6 Å². The van der Waals surface area contributed by atoms with E-state index in [0.717, 1.165) is 39.9 Å². The number of benzene rings is 3. The van der Waals surface area contributed by atoms with Crippen LogP contribution in [0.25, 0.3) is 22.2 Å². The number of fused-ring (bicyclic) bond motifs is 1. The molecular weight excluding hydrogens is 514 g/mol. The van der Waals surface area contributed by atoms with E-state index in [1.54, 1.807) is 23.9 Å². The van der Waals surface area contributed by atoms with Gasteiger partial charge in [0, 0.05) is 51.8 Å². The van der Waals surface area contributed by atoms with Gasteiger partial charge in [-0.2, -0.15) is 4.31 Å². The Morgan fingerprint density at radius 2 is 1.67 bits per heavy atom. The molecule has 0 bridgehead atoms. The Bertz CT molecular complexity index is 1480. The monoisotopic (exact) mass is 539 g/mol. The second-order valence-corrected chi connectivity index (χ2v) is 12.1. The Labute approximate surface area is 220 Å². The van der Waals surface area contributed by atoms with E-state index in [9.17, 15) is 13.2 Å². The Morgan fingerprint density at radius 1 is 0.972 bits per heavy atom. The zero-order valence-corrected chi connectivity index (χ0v) is 21.9. The summed E-state index contributed by atoms with van der Waals surface area (Å²) in [4.78, 5) is 17.5. The van der Waals surface area contributed by atoms with Gasteiger partial charge in [-0.05, 0) is 60.9 Å². The van der Waals surface area contributed by atoms with Crippen LogP contribution in [0.4, 0.5) is 0 Å². The molecule has 0 radical (unpaired) electrons. The zero-order chi connectivity index (χ0) is 25.1. The maximum atomic E-state index is 12.7. The van der Waals surface area contributed by atoms with Gasteiger partial charge in [-0.25, -0.2) is 8.42 Å². The topological polar surface area (TPSA) is 82.3 Å². The molecule has 1 saturated heterocycles. The molecule has 3 aromatic carbocycles. The molecule has 36 heavy (non-hydrogen) atoms. The summed E-state index contributed by atoms with van der Waals surface area (Å²) < 4.78 is 26.9. The van der Waals surface area contributed by atoms with Crippen LogP contribution < -0.4 is 5.32 Å². The fourth-order valence-electron chi connectivity index (χ4n) is 4.36. The Kier molecular flexibility index (Phi) is 7.39. The van der Waals surface area contributed by atoms with Crippen LogP contribution in [0.1, 0.15) is 23.2 Å². The van der Waals surface area contributed by atoms with Gasteiger partial charge in [0.1, 0.15) is 0 Å². The number of sulfonamides is 1. The minimum absolute atomic E-state index is 0.224. The highest BCUT2D eigenvalue weighted by Gasteiger charge is 2.27. The number of amides is 1. The number of nitrogens with zero attached hydrogens (tertiary/aromatic N) is 1. The minimum atomic E-state index is -3.49. The Balaban J connectivity index is 1.23. The largest absolute Gasteiger partial charge is 0.354 e. The molecule has 1 amide bonds. The molecular formula is C27H26ClN3O3S2. The van der Waals surface area contributed by atoms with E-state index in [1.165, 1.54) is 16.4 Å². The molecule has 9 heteroatoms. The summed E-state index contributed by atoms with van der Waals surface area (Å²) in [5, 5.41) is 4.76. The SMILES string of the molecule is O=C(NCCSc1c(-c2ccc(Cl)cc2)[nH]c2ccccc12)c1ccc(S(=O)(=O)N2CCCC2)cc1. The van der Waals surface area contributed by atoms with Crippen molar-refractivity contribution in [1.29, 1.82) is 0 Å². The van der Waals surface area contributed by atoms with Crippen LogP contribution >= 0.6 is 23.4 Å². The minimum Gasteiger partial charge on any atom is -0.354 e. The molecule has 0 aliphatic carbocycles. The molecule has 1 aliphatic rings. The number of rotatable bonds is 8. The summed E-state index contributed by atoms with van der Waals surface area (Å²) in [6, 6.07) is 22.1. The first kappa shape index (κ1) is 24.9. The molecule has 1 aromatic heterocycles. The van der Waals surface area contributed by atoms with Crippen LogP contribution in [0.5, 0.6) is 0 Å². The molecule has 6 nitrogen and oxygen atoms in total. The van der Waals surface area contributed by atoms with Gasteiger partial charge in [0.25, 0.3) is 5.91 Å². The predicted octanol–water partition coefficient (Wildman–Crippen LogP) is 5.79. The lowest BCUT2D eigenvalue weighted by Gasteiger charge is -2.15. The van der Waals surface area contributed by atoms with Gasteiger partial charge in [-0.3, -0.25) is 4.79 Å². The van der Waals surface area contributed by atoms with Crippen LogP contribution in [-0.4, -0.2) is 49.0 Å². The second-order valence-electron chi connectivity index (χ2n) is 8.62. The van der Waals surface area contributed by atoms with Crippen molar-refractivity contribution in [2.24, 2.45) is 0 Å². The third-order valence-corrected chi connectivity index (χ3v) is 9.53. The number of carbonyl (C=O) groups is 1. The first-order valence-corrected chi connectivity index (χ1v) is 14.6. The average Bonchev–Trinajstić information content (AvgIpc) is 3.56. The molecule has 1 aliphatic heterocycles. The van der Waals surface area contributed by atoms with E-state index in [2.05, 4.69) is 16.4 Å². The van der Waals surface area contributed by atoms with Gasteiger partial charge in [0.2, 0.25) is 10.0 Å². The van der Waals surface area contributed by atoms with Crippen LogP contribution in [-0.2, 0) is 10.0 Å². The van der Waals surface area contributed by atoms with Crippen LogP contribution in [0, 0.1) is 0 Å². The summed E-state index contributed by atoms with van der Waals surface area (Å²) in [5.41, 5.74) is 3.57. The quantitative estimate of drug-likeness (QED) is 0.219.